The highest BCUT2D eigenvalue weighted by atomic mass is 16.2. The second kappa shape index (κ2) is 4.87. The maximum absolute atomic E-state index is 12.4. The van der Waals surface area contributed by atoms with Gasteiger partial charge in [0, 0.05) is 26.7 Å². The van der Waals surface area contributed by atoms with E-state index in [4.69, 9.17) is 0 Å². The molecule has 1 aliphatic rings. The average Bonchev–Trinajstić information content (AvgIpc) is 2.53. The molecule has 1 aromatic heterocycles. The zero-order valence-electron chi connectivity index (χ0n) is 10.7. The van der Waals surface area contributed by atoms with Crippen molar-refractivity contribution < 1.29 is 4.79 Å². The fourth-order valence-electron chi connectivity index (χ4n) is 2.14. The number of aromatic nitrogens is 2. The molecule has 1 amide bonds. The fraction of sp³-hybridized carbons (Fsp3) is 0.667. The van der Waals surface area contributed by atoms with Crippen molar-refractivity contribution in [3.63, 3.8) is 0 Å². The first-order chi connectivity index (χ1) is 8.13. The molecule has 0 spiro atoms. The Morgan fingerprint density at radius 3 is 2.76 bits per heavy atom. The molecule has 2 rings (SSSR count). The zero-order chi connectivity index (χ0) is 12.4. The molecule has 1 N–H and O–H groups in total. The Bertz CT molecular complexity index is 409. The Morgan fingerprint density at radius 2 is 2.35 bits per heavy atom. The summed E-state index contributed by atoms with van der Waals surface area (Å²) in [6, 6.07) is 2.20. The van der Waals surface area contributed by atoms with Crippen molar-refractivity contribution in [2.24, 2.45) is 7.05 Å². The van der Waals surface area contributed by atoms with Crippen molar-refractivity contribution in [3.05, 3.63) is 17.5 Å². The van der Waals surface area contributed by atoms with Crippen LogP contribution < -0.4 is 5.32 Å². The molecule has 0 aromatic carbocycles. The smallest absolute Gasteiger partial charge is 0.272 e. The fourth-order valence-corrected chi connectivity index (χ4v) is 2.14. The van der Waals surface area contributed by atoms with E-state index in [1.165, 1.54) is 0 Å². The van der Waals surface area contributed by atoms with Crippen LogP contribution in [0.5, 0.6) is 0 Å². The monoisotopic (exact) mass is 236 g/mol. The lowest BCUT2D eigenvalue weighted by Crippen LogP contribution is -2.59. The summed E-state index contributed by atoms with van der Waals surface area (Å²) in [4.78, 5) is 14.4. The van der Waals surface area contributed by atoms with Crippen LogP contribution in [-0.2, 0) is 7.05 Å². The van der Waals surface area contributed by atoms with Crippen molar-refractivity contribution in [1.82, 2.24) is 20.0 Å². The summed E-state index contributed by atoms with van der Waals surface area (Å²) in [6.45, 7) is 6.63. The van der Waals surface area contributed by atoms with Crippen LogP contribution in [0, 0.1) is 6.92 Å². The molecule has 1 saturated heterocycles. The number of aryl methyl sites for hydroxylation is 2. The molecule has 0 radical (unpaired) electrons. The number of carbonyl (C=O) groups is 1. The lowest BCUT2D eigenvalue weighted by Gasteiger charge is -2.38. The van der Waals surface area contributed by atoms with Gasteiger partial charge in [0.1, 0.15) is 5.69 Å². The number of nitrogens with zero attached hydrogens (tertiary/aromatic N) is 3. The molecule has 17 heavy (non-hydrogen) atoms. The molecule has 0 aliphatic carbocycles. The van der Waals surface area contributed by atoms with Crippen LogP contribution in [0.15, 0.2) is 6.07 Å². The Kier molecular flexibility index (Phi) is 3.47. The largest absolute Gasteiger partial charge is 0.332 e. The lowest BCUT2D eigenvalue weighted by atomic mass is 10.1. The van der Waals surface area contributed by atoms with Crippen molar-refractivity contribution in [1.29, 1.82) is 0 Å². The van der Waals surface area contributed by atoms with Crippen LogP contribution in [0.4, 0.5) is 0 Å². The summed E-state index contributed by atoms with van der Waals surface area (Å²) in [7, 11) is 1.82. The highest BCUT2D eigenvalue weighted by Crippen LogP contribution is 2.12. The van der Waals surface area contributed by atoms with E-state index in [1.807, 2.05) is 24.9 Å². The van der Waals surface area contributed by atoms with Gasteiger partial charge < -0.3 is 10.2 Å². The van der Waals surface area contributed by atoms with E-state index in [-0.39, 0.29) is 5.91 Å². The third kappa shape index (κ3) is 2.34. The summed E-state index contributed by atoms with van der Waals surface area (Å²) in [5, 5.41) is 7.44. The number of amides is 1. The molecule has 0 bridgehead atoms. The molecule has 0 atom stereocenters. The van der Waals surface area contributed by atoms with Crippen molar-refractivity contribution >= 4 is 5.91 Å². The quantitative estimate of drug-likeness (QED) is 0.830. The van der Waals surface area contributed by atoms with Gasteiger partial charge in [-0.3, -0.25) is 9.48 Å². The lowest BCUT2D eigenvalue weighted by molar-refractivity contribution is 0.0604. The van der Waals surface area contributed by atoms with Crippen molar-refractivity contribution in [2.45, 2.75) is 26.3 Å². The molecule has 1 fully saturated rings. The number of hydrogen-bond donors (Lipinski definition) is 1. The highest BCUT2D eigenvalue weighted by molar-refractivity contribution is 5.93. The summed E-state index contributed by atoms with van der Waals surface area (Å²) in [5.41, 5.74) is 1.57. The minimum absolute atomic E-state index is 0.0986. The van der Waals surface area contributed by atoms with E-state index in [9.17, 15) is 4.79 Å². The summed E-state index contributed by atoms with van der Waals surface area (Å²) >= 11 is 0. The molecule has 1 aromatic rings. The standard InChI is InChI=1S/C12H20N4O/c1-4-5-16(10-7-13-8-10)12(17)11-6-9(2)14-15(11)3/h6,10,13H,4-5,7-8H2,1-3H3. The van der Waals surface area contributed by atoms with E-state index >= 15 is 0 Å². The number of hydrogen-bond acceptors (Lipinski definition) is 3. The van der Waals surface area contributed by atoms with E-state index in [2.05, 4.69) is 17.3 Å². The van der Waals surface area contributed by atoms with Gasteiger partial charge in [-0.1, -0.05) is 6.92 Å². The van der Waals surface area contributed by atoms with Crippen LogP contribution >= 0.6 is 0 Å². The van der Waals surface area contributed by atoms with E-state index < -0.39 is 0 Å². The molecule has 5 nitrogen and oxygen atoms in total. The molecular weight excluding hydrogens is 216 g/mol. The topological polar surface area (TPSA) is 50.2 Å². The van der Waals surface area contributed by atoms with E-state index in [1.54, 1.807) is 4.68 Å². The zero-order valence-corrected chi connectivity index (χ0v) is 10.7. The normalized spacial score (nSPS) is 15.7. The molecular formula is C12H20N4O. The van der Waals surface area contributed by atoms with Gasteiger partial charge in [0.25, 0.3) is 5.91 Å². The molecule has 5 heteroatoms. The molecule has 2 heterocycles. The summed E-state index contributed by atoms with van der Waals surface area (Å²) < 4.78 is 1.67. The van der Waals surface area contributed by atoms with Gasteiger partial charge in [0.05, 0.1) is 11.7 Å². The van der Waals surface area contributed by atoms with Gasteiger partial charge in [-0.25, -0.2) is 0 Å². The third-order valence-corrected chi connectivity index (χ3v) is 3.15. The maximum Gasteiger partial charge on any atom is 0.272 e. The maximum atomic E-state index is 12.4. The first-order valence-corrected chi connectivity index (χ1v) is 6.15. The van der Waals surface area contributed by atoms with Crippen LogP contribution in [0.1, 0.15) is 29.5 Å². The first-order valence-electron chi connectivity index (χ1n) is 6.15. The first kappa shape index (κ1) is 12.1. The number of carbonyl (C=O) groups excluding carboxylic acids is 1. The summed E-state index contributed by atoms with van der Waals surface area (Å²) in [5.74, 6) is 0.0986. The van der Waals surface area contributed by atoms with Crippen LogP contribution in [0.2, 0.25) is 0 Å². The van der Waals surface area contributed by atoms with Crippen molar-refractivity contribution in [2.75, 3.05) is 19.6 Å². The Morgan fingerprint density at radius 1 is 1.65 bits per heavy atom. The average molecular weight is 236 g/mol. The third-order valence-electron chi connectivity index (χ3n) is 3.15. The highest BCUT2D eigenvalue weighted by Gasteiger charge is 2.29. The number of rotatable bonds is 4. The van der Waals surface area contributed by atoms with Gasteiger partial charge in [0.15, 0.2) is 0 Å². The van der Waals surface area contributed by atoms with Crippen molar-refractivity contribution in [3.8, 4) is 0 Å². The molecule has 94 valence electrons. The minimum Gasteiger partial charge on any atom is -0.332 e. The molecule has 1 aliphatic heterocycles. The Balaban J connectivity index is 2.17. The SMILES string of the molecule is CCCN(C(=O)c1cc(C)nn1C)C1CNC1. The van der Waals surface area contributed by atoms with Crippen LogP contribution in [-0.4, -0.2) is 46.3 Å². The van der Waals surface area contributed by atoms with Gasteiger partial charge >= 0.3 is 0 Å². The molecule has 0 saturated carbocycles. The van der Waals surface area contributed by atoms with E-state index in [0.717, 1.165) is 31.7 Å². The second-order valence-corrected chi connectivity index (χ2v) is 4.61. The van der Waals surface area contributed by atoms with Gasteiger partial charge in [-0.05, 0) is 19.4 Å². The Hall–Kier alpha value is -1.36. The van der Waals surface area contributed by atoms with Gasteiger partial charge in [-0.15, -0.1) is 0 Å². The second-order valence-electron chi connectivity index (χ2n) is 4.61. The minimum atomic E-state index is 0.0986. The molecule has 0 unspecified atom stereocenters. The van der Waals surface area contributed by atoms with Gasteiger partial charge in [0.2, 0.25) is 0 Å². The Labute approximate surface area is 102 Å². The van der Waals surface area contributed by atoms with Crippen LogP contribution in [0.3, 0.4) is 0 Å². The van der Waals surface area contributed by atoms with E-state index in [0.29, 0.717) is 11.7 Å². The predicted octanol–water partition coefficient (Wildman–Crippen LogP) is 0.553. The summed E-state index contributed by atoms with van der Waals surface area (Å²) in [6.07, 6.45) is 0.985. The predicted molar refractivity (Wildman–Crippen MR) is 65.9 cm³/mol. The van der Waals surface area contributed by atoms with Gasteiger partial charge in [-0.2, -0.15) is 5.10 Å². The van der Waals surface area contributed by atoms with Crippen LogP contribution in [0.25, 0.3) is 0 Å². The number of nitrogens with one attached hydrogen (secondary N) is 1.